The molecule has 0 saturated carbocycles. The van der Waals surface area contributed by atoms with Gasteiger partial charge in [-0.05, 0) is 66.1 Å². The van der Waals surface area contributed by atoms with Crippen molar-refractivity contribution in [3.8, 4) is 0 Å². The SMILES string of the molecule is CCN(CC)CCCC(C)NC(=NC)NCC(NC(=O)OC(C)(C)C)C(C)C.I. The molecule has 0 radical (unpaired) electrons. The molecule has 174 valence electrons. The van der Waals surface area contributed by atoms with Gasteiger partial charge in [-0.2, -0.15) is 0 Å². The molecule has 0 aliphatic carbocycles. The lowest BCUT2D eigenvalue weighted by atomic mass is 10.0. The van der Waals surface area contributed by atoms with Crippen molar-refractivity contribution in [3.05, 3.63) is 0 Å². The van der Waals surface area contributed by atoms with E-state index in [2.05, 4.69) is 60.5 Å². The van der Waals surface area contributed by atoms with Crippen LogP contribution in [0, 0.1) is 5.92 Å². The minimum atomic E-state index is -0.503. The van der Waals surface area contributed by atoms with Crippen molar-refractivity contribution in [1.29, 1.82) is 0 Å². The van der Waals surface area contributed by atoms with Crippen molar-refractivity contribution in [2.24, 2.45) is 10.9 Å². The molecule has 0 aromatic heterocycles. The number of guanidine groups is 1. The van der Waals surface area contributed by atoms with Crippen molar-refractivity contribution < 1.29 is 9.53 Å². The number of nitrogens with one attached hydrogen (secondary N) is 3. The molecule has 0 heterocycles. The van der Waals surface area contributed by atoms with E-state index >= 15 is 0 Å². The lowest BCUT2D eigenvalue weighted by Crippen LogP contribution is -2.51. The summed E-state index contributed by atoms with van der Waals surface area (Å²) in [5.74, 6) is 1.02. The van der Waals surface area contributed by atoms with Crippen LogP contribution in [0.5, 0.6) is 0 Å². The molecular weight excluding hydrogens is 481 g/mol. The van der Waals surface area contributed by atoms with E-state index in [1.54, 1.807) is 7.05 Å². The number of aliphatic imine (C=N–C) groups is 1. The zero-order valence-electron chi connectivity index (χ0n) is 20.1. The highest BCUT2D eigenvalue weighted by Crippen LogP contribution is 2.08. The minimum absolute atomic E-state index is 0. The molecule has 0 aromatic rings. The molecule has 0 saturated heterocycles. The minimum Gasteiger partial charge on any atom is -0.444 e. The van der Waals surface area contributed by atoms with Crippen LogP contribution in [-0.4, -0.2) is 67.9 Å². The summed E-state index contributed by atoms with van der Waals surface area (Å²) in [4.78, 5) is 18.8. The summed E-state index contributed by atoms with van der Waals surface area (Å²) < 4.78 is 5.37. The number of halogens is 1. The Labute approximate surface area is 196 Å². The van der Waals surface area contributed by atoms with Crippen LogP contribution in [-0.2, 0) is 4.74 Å². The largest absolute Gasteiger partial charge is 0.444 e. The van der Waals surface area contributed by atoms with Crippen molar-refractivity contribution in [3.63, 3.8) is 0 Å². The fraction of sp³-hybridized carbons (Fsp3) is 0.905. The van der Waals surface area contributed by atoms with Crippen LogP contribution >= 0.6 is 24.0 Å². The number of hydrogen-bond donors (Lipinski definition) is 3. The molecule has 2 unspecified atom stereocenters. The molecule has 0 fully saturated rings. The fourth-order valence-electron chi connectivity index (χ4n) is 2.78. The zero-order valence-corrected chi connectivity index (χ0v) is 22.4. The Morgan fingerprint density at radius 1 is 1.10 bits per heavy atom. The fourth-order valence-corrected chi connectivity index (χ4v) is 2.78. The van der Waals surface area contributed by atoms with Gasteiger partial charge in [0.1, 0.15) is 5.60 Å². The van der Waals surface area contributed by atoms with E-state index in [1.807, 2.05) is 20.8 Å². The van der Waals surface area contributed by atoms with Crippen LogP contribution < -0.4 is 16.0 Å². The van der Waals surface area contributed by atoms with Crippen molar-refractivity contribution in [2.75, 3.05) is 33.2 Å². The third-order valence-electron chi connectivity index (χ3n) is 4.61. The Morgan fingerprint density at radius 2 is 1.69 bits per heavy atom. The maximum absolute atomic E-state index is 12.1. The van der Waals surface area contributed by atoms with Gasteiger partial charge in [0, 0.05) is 19.6 Å². The van der Waals surface area contributed by atoms with Gasteiger partial charge >= 0.3 is 6.09 Å². The summed E-state index contributed by atoms with van der Waals surface area (Å²) >= 11 is 0. The number of carbonyl (C=O) groups is 1. The molecule has 3 N–H and O–H groups in total. The second-order valence-corrected chi connectivity index (χ2v) is 8.66. The summed E-state index contributed by atoms with van der Waals surface area (Å²) in [5, 5.41) is 9.72. The summed E-state index contributed by atoms with van der Waals surface area (Å²) in [5.41, 5.74) is -0.503. The van der Waals surface area contributed by atoms with Gasteiger partial charge in [0.25, 0.3) is 0 Å². The van der Waals surface area contributed by atoms with E-state index in [-0.39, 0.29) is 42.0 Å². The average Bonchev–Trinajstić information content (AvgIpc) is 2.59. The van der Waals surface area contributed by atoms with E-state index in [0.717, 1.165) is 38.4 Å². The molecule has 7 nitrogen and oxygen atoms in total. The third kappa shape index (κ3) is 15.7. The molecule has 0 bridgehead atoms. The molecule has 0 spiro atoms. The average molecular weight is 528 g/mol. The van der Waals surface area contributed by atoms with Gasteiger partial charge in [-0.1, -0.05) is 27.7 Å². The predicted octanol–water partition coefficient (Wildman–Crippen LogP) is 3.83. The second kappa shape index (κ2) is 16.0. The number of rotatable bonds is 11. The third-order valence-corrected chi connectivity index (χ3v) is 4.61. The lowest BCUT2D eigenvalue weighted by Gasteiger charge is -2.27. The first-order chi connectivity index (χ1) is 13.0. The van der Waals surface area contributed by atoms with E-state index in [4.69, 9.17) is 4.74 Å². The van der Waals surface area contributed by atoms with Crippen LogP contribution in [0.25, 0.3) is 0 Å². The van der Waals surface area contributed by atoms with Crippen LogP contribution in [0.1, 0.15) is 68.2 Å². The number of amides is 1. The van der Waals surface area contributed by atoms with Crippen molar-refractivity contribution in [2.45, 2.75) is 85.9 Å². The van der Waals surface area contributed by atoms with E-state index in [0.29, 0.717) is 12.6 Å². The smallest absolute Gasteiger partial charge is 0.407 e. The molecule has 2 atom stereocenters. The Kier molecular flexibility index (Phi) is 16.8. The van der Waals surface area contributed by atoms with E-state index in [9.17, 15) is 4.79 Å². The van der Waals surface area contributed by atoms with Gasteiger partial charge in [0.2, 0.25) is 0 Å². The zero-order chi connectivity index (χ0) is 21.7. The van der Waals surface area contributed by atoms with Crippen molar-refractivity contribution in [1.82, 2.24) is 20.9 Å². The Hall–Kier alpha value is -0.770. The van der Waals surface area contributed by atoms with Gasteiger partial charge in [0.05, 0.1) is 6.04 Å². The second-order valence-electron chi connectivity index (χ2n) is 8.66. The molecule has 0 rings (SSSR count). The number of alkyl carbamates (subject to hydrolysis) is 1. The number of hydrogen-bond acceptors (Lipinski definition) is 4. The highest BCUT2D eigenvalue weighted by molar-refractivity contribution is 14.0. The normalized spacial score (nSPS) is 14.2. The first-order valence-electron chi connectivity index (χ1n) is 10.7. The monoisotopic (exact) mass is 527 g/mol. The quantitative estimate of drug-likeness (QED) is 0.216. The standard InChI is InChI=1S/C21H45N5O2.HI/c1-10-26(11-2)14-12-13-17(5)24-19(22-9)23-15-18(16(3)4)25-20(27)28-21(6,7)8;/h16-18H,10-15H2,1-9H3,(H,25,27)(H2,22,23,24);1H. The van der Waals surface area contributed by atoms with Gasteiger partial charge in [0.15, 0.2) is 5.96 Å². The topological polar surface area (TPSA) is 78.0 Å². The van der Waals surface area contributed by atoms with Gasteiger partial charge < -0.3 is 25.6 Å². The Balaban J connectivity index is 0. The molecule has 29 heavy (non-hydrogen) atoms. The van der Waals surface area contributed by atoms with Crippen LogP contribution in [0.4, 0.5) is 4.79 Å². The molecule has 8 heteroatoms. The lowest BCUT2D eigenvalue weighted by molar-refractivity contribution is 0.0491. The maximum Gasteiger partial charge on any atom is 0.407 e. The highest BCUT2D eigenvalue weighted by atomic mass is 127. The van der Waals surface area contributed by atoms with E-state index in [1.165, 1.54) is 0 Å². The van der Waals surface area contributed by atoms with Crippen molar-refractivity contribution >= 4 is 36.0 Å². The van der Waals surface area contributed by atoms with Gasteiger partial charge in [-0.3, -0.25) is 4.99 Å². The van der Waals surface area contributed by atoms with Gasteiger partial charge in [-0.15, -0.1) is 24.0 Å². The molecule has 0 aromatic carbocycles. The first-order valence-corrected chi connectivity index (χ1v) is 10.7. The Morgan fingerprint density at radius 3 is 2.14 bits per heavy atom. The Bertz CT molecular complexity index is 462. The summed E-state index contributed by atoms with van der Waals surface area (Å²) in [6.07, 6.45) is 1.85. The van der Waals surface area contributed by atoms with Gasteiger partial charge in [-0.25, -0.2) is 4.79 Å². The number of ether oxygens (including phenoxy) is 1. The molecule has 0 aliphatic heterocycles. The maximum atomic E-state index is 12.1. The molecule has 0 aliphatic rings. The number of nitrogens with zero attached hydrogens (tertiary/aromatic N) is 2. The van der Waals surface area contributed by atoms with Crippen LogP contribution in [0.3, 0.4) is 0 Å². The number of carbonyl (C=O) groups excluding carboxylic acids is 1. The molecular formula is C21H46IN5O2. The highest BCUT2D eigenvalue weighted by Gasteiger charge is 2.21. The predicted molar refractivity (Wildman–Crippen MR) is 134 cm³/mol. The van der Waals surface area contributed by atoms with E-state index < -0.39 is 5.60 Å². The van der Waals surface area contributed by atoms with Crippen LogP contribution in [0.2, 0.25) is 0 Å². The first kappa shape index (κ1) is 30.4. The summed E-state index contributed by atoms with van der Waals surface area (Å²) in [6.45, 7) is 20.2. The van der Waals surface area contributed by atoms with Crippen LogP contribution in [0.15, 0.2) is 4.99 Å². The summed E-state index contributed by atoms with van der Waals surface area (Å²) in [7, 11) is 1.77. The molecule has 1 amide bonds. The summed E-state index contributed by atoms with van der Waals surface area (Å²) in [6, 6.07) is 0.282.